The van der Waals surface area contributed by atoms with E-state index in [0.29, 0.717) is 0 Å². The van der Waals surface area contributed by atoms with Gasteiger partial charge in [0.15, 0.2) is 0 Å². The first-order valence-corrected chi connectivity index (χ1v) is 4.68. The molecule has 5 heteroatoms. The van der Waals surface area contributed by atoms with E-state index < -0.39 is 17.5 Å². The van der Waals surface area contributed by atoms with Crippen molar-refractivity contribution in [3.05, 3.63) is 0 Å². The zero-order chi connectivity index (χ0) is 11.6. The molecule has 0 aromatic rings. The molecule has 0 saturated carbocycles. The number of aliphatic hydroxyl groups excluding tert-OH is 1. The van der Waals surface area contributed by atoms with E-state index in [4.69, 9.17) is 10.8 Å². The molecule has 14 heavy (non-hydrogen) atoms. The van der Waals surface area contributed by atoms with Crippen molar-refractivity contribution >= 4 is 0 Å². The molecule has 1 atom stereocenters. The first kappa shape index (κ1) is 13.8. The minimum Gasteiger partial charge on any atom is -0.395 e. The number of rotatable bonds is 5. The summed E-state index contributed by atoms with van der Waals surface area (Å²) >= 11 is 0. The lowest BCUT2D eigenvalue weighted by atomic mass is 10.1. The molecule has 0 rings (SSSR count). The van der Waals surface area contributed by atoms with Crippen LogP contribution in [0.5, 0.6) is 0 Å². The van der Waals surface area contributed by atoms with E-state index in [0.717, 1.165) is 0 Å². The summed E-state index contributed by atoms with van der Waals surface area (Å²) in [7, 11) is 0. The van der Waals surface area contributed by atoms with Gasteiger partial charge in [-0.3, -0.25) is 0 Å². The van der Waals surface area contributed by atoms with Crippen molar-refractivity contribution in [2.75, 3.05) is 13.2 Å². The molecule has 5 nitrogen and oxygen atoms in total. The summed E-state index contributed by atoms with van der Waals surface area (Å²) in [5.74, 6) is 0. The van der Waals surface area contributed by atoms with Crippen LogP contribution in [0.15, 0.2) is 0 Å². The quantitative estimate of drug-likeness (QED) is 0.436. The maximum atomic E-state index is 9.79. The van der Waals surface area contributed by atoms with Crippen LogP contribution >= 0.6 is 0 Å². The second kappa shape index (κ2) is 4.55. The summed E-state index contributed by atoms with van der Waals surface area (Å²) in [6.45, 7) is 6.31. The van der Waals surface area contributed by atoms with Crippen LogP contribution in [0.1, 0.15) is 27.7 Å². The van der Waals surface area contributed by atoms with Gasteiger partial charge in [0.2, 0.25) is 0 Å². The second-order valence-corrected chi connectivity index (χ2v) is 4.54. The van der Waals surface area contributed by atoms with Gasteiger partial charge < -0.3 is 21.1 Å². The molecule has 0 aromatic carbocycles. The summed E-state index contributed by atoms with van der Waals surface area (Å²) in [5, 5.41) is 28.4. The fraction of sp³-hybridized carbons (Fsp3) is 1.00. The first-order valence-electron chi connectivity index (χ1n) is 4.68. The van der Waals surface area contributed by atoms with Crippen LogP contribution in [0.2, 0.25) is 0 Å². The fourth-order valence-electron chi connectivity index (χ4n) is 1.41. The standard InChI is InChI=1S/C9H22N2O3/c1-8(2,13)11(9(3,4)14)5-7(10)6-12/h7,12-14H,5-6,10H2,1-4H3. The predicted octanol–water partition coefficient (Wildman–Crippen LogP) is -0.935. The van der Waals surface area contributed by atoms with E-state index in [1.54, 1.807) is 27.7 Å². The molecule has 0 fully saturated rings. The highest BCUT2D eigenvalue weighted by Crippen LogP contribution is 2.20. The molecule has 0 saturated heterocycles. The van der Waals surface area contributed by atoms with Gasteiger partial charge in [-0.05, 0) is 27.7 Å². The van der Waals surface area contributed by atoms with Crippen LogP contribution in [-0.4, -0.2) is 50.9 Å². The third-order valence-corrected chi connectivity index (χ3v) is 1.97. The highest BCUT2D eigenvalue weighted by atomic mass is 16.3. The minimum absolute atomic E-state index is 0.178. The molecule has 0 aliphatic rings. The van der Waals surface area contributed by atoms with Crippen molar-refractivity contribution in [3.63, 3.8) is 0 Å². The van der Waals surface area contributed by atoms with Crippen molar-refractivity contribution in [2.45, 2.75) is 45.2 Å². The number of nitrogens with zero attached hydrogens (tertiary/aromatic N) is 1. The van der Waals surface area contributed by atoms with Gasteiger partial charge in [-0.25, -0.2) is 4.90 Å². The van der Waals surface area contributed by atoms with Gasteiger partial charge in [-0.1, -0.05) is 0 Å². The third-order valence-electron chi connectivity index (χ3n) is 1.97. The average molecular weight is 206 g/mol. The molecule has 0 aliphatic carbocycles. The SMILES string of the molecule is CC(C)(O)N(CC(N)CO)C(C)(C)O. The predicted molar refractivity (Wildman–Crippen MR) is 54.4 cm³/mol. The summed E-state index contributed by atoms with van der Waals surface area (Å²) < 4.78 is 0. The van der Waals surface area contributed by atoms with Gasteiger partial charge in [0.05, 0.1) is 6.61 Å². The Labute approximate surface area is 85.1 Å². The van der Waals surface area contributed by atoms with Crippen molar-refractivity contribution in [3.8, 4) is 0 Å². The van der Waals surface area contributed by atoms with Gasteiger partial charge >= 0.3 is 0 Å². The highest BCUT2D eigenvalue weighted by molar-refractivity contribution is 4.81. The molecule has 0 spiro atoms. The van der Waals surface area contributed by atoms with Crippen molar-refractivity contribution in [1.82, 2.24) is 4.90 Å². The van der Waals surface area contributed by atoms with Crippen molar-refractivity contribution in [2.24, 2.45) is 5.73 Å². The number of hydrogen-bond donors (Lipinski definition) is 4. The van der Waals surface area contributed by atoms with Gasteiger partial charge in [0.25, 0.3) is 0 Å². The Morgan fingerprint density at radius 3 is 1.71 bits per heavy atom. The molecule has 0 bridgehead atoms. The molecule has 0 heterocycles. The monoisotopic (exact) mass is 206 g/mol. The lowest BCUT2D eigenvalue weighted by Crippen LogP contribution is -2.59. The molecule has 86 valence electrons. The maximum Gasteiger partial charge on any atom is 0.115 e. The fourth-order valence-corrected chi connectivity index (χ4v) is 1.41. The van der Waals surface area contributed by atoms with Crippen LogP contribution in [0.4, 0.5) is 0 Å². The number of hydrogen-bond acceptors (Lipinski definition) is 5. The largest absolute Gasteiger partial charge is 0.395 e. The number of aliphatic hydroxyl groups is 3. The Morgan fingerprint density at radius 1 is 1.14 bits per heavy atom. The Kier molecular flexibility index (Phi) is 4.48. The van der Waals surface area contributed by atoms with Gasteiger partial charge in [-0.15, -0.1) is 0 Å². The topological polar surface area (TPSA) is 90.0 Å². The molecule has 0 aliphatic heterocycles. The smallest absolute Gasteiger partial charge is 0.115 e. The second-order valence-electron chi connectivity index (χ2n) is 4.54. The average Bonchev–Trinajstić information content (AvgIpc) is 1.95. The lowest BCUT2D eigenvalue weighted by molar-refractivity contribution is -0.202. The molecule has 5 N–H and O–H groups in total. The molecule has 0 aromatic heterocycles. The maximum absolute atomic E-state index is 9.79. The van der Waals surface area contributed by atoms with Gasteiger partial charge in [-0.2, -0.15) is 0 Å². The summed E-state index contributed by atoms with van der Waals surface area (Å²) in [5.41, 5.74) is 3.20. The molecular weight excluding hydrogens is 184 g/mol. The zero-order valence-corrected chi connectivity index (χ0v) is 9.36. The molecular formula is C9H22N2O3. The first-order chi connectivity index (χ1) is 6.09. The van der Waals surface area contributed by atoms with E-state index in [1.165, 1.54) is 4.90 Å². The van der Waals surface area contributed by atoms with Crippen LogP contribution in [0.3, 0.4) is 0 Å². The van der Waals surface area contributed by atoms with Crippen molar-refractivity contribution < 1.29 is 15.3 Å². The minimum atomic E-state index is -1.18. The lowest BCUT2D eigenvalue weighted by Gasteiger charge is -2.43. The Balaban J connectivity index is 4.59. The summed E-state index contributed by atoms with van der Waals surface area (Å²) in [4.78, 5) is 1.43. The molecule has 1 unspecified atom stereocenters. The van der Waals surface area contributed by atoms with E-state index in [2.05, 4.69) is 0 Å². The normalized spacial score (nSPS) is 16.1. The van der Waals surface area contributed by atoms with Crippen LogP contribution < -0.4 is 5.73 Å². The van der Waals surface area contributed by atoms with Gasteiger partial charge in [0.1, 0.15) is 11.4 Å². The summed E-state index contributed by atoms with van der Waals surface area (Å²) in [6.07, 6.45) is 0. The van der Waals surface area contributed by atoms with Gasteiger partial charge in [0, 0.05) is 12.6 Å². The van der Waals surface area contributed by atoms with E-state index in [-0.39, 0.29) is 13.2 Å². The summed E-state index contributed by atoms with van der Waals surface area (Å²) in [6, 6.07) is -0.479. The van der Waals surface area contributed by atoms with E-state index in [9.17, 15) is 10.2 Å². The highest BCUT2D eigenvalue weighted by Gasteiger charge is 2.35. The van der Waals surface area contributed by atoms with Crippen LogP contribution in [0.25, 0.3) is 0 Å². The van der Waals surface area contributed by atoms with Crippen molar-refractivity contribution in [1.29, 1.82) is 0 Å². The zero-order valence-electron chi connectivity index (χ0n) is 9.36. The number of nitrogens with two attached hydrogens (primary N) is 1. The van der Waals surface area contributed by atoms with Crippen LogP contribution in [0, 0.1) is 0 Å². The van der Waals surface area contributed by atoms with E-state index >= 15 is 0 Å². The Morgan fingerprint density at radius 2 is 1.50 bits per heavy atom. The Hall–Kier alpha value is -0.200. The molecule has 0 radical (unpaired) electrons. The third kappa shape index (κ3) is 4.34. The Bertz CT molecular complexity index is 158. The van der Waals surface area contributed by atoms with Crippen LogP contribution in [-0.2, 0) is 0 Å². The molecule has 0 amide bonds. The van der Waals surface area contributed by atoms with E-state index in [1.807, 2.05) is 0 Å².